The number of carbonyl (C=O) groups is 2. The first kappa shape index (κ1) is 25.7. The van der Waals surface area contributed by atoms with Crippen molar-refractivity contribution >= 4 is 61.8 Å². The number of nitrogens with one attached hydrogen (secondary N) is 1. The molecule has 2 aliphatic rings. The highest BCUT2D eigenvalue weighted by atomic mass is 35.5. The molecule has 1 unspecified atom stereocenters. The summed E-state index contributed by atoms with van der Waals surface area (Å²) in [6, 6.07) is 7.84. The van der Waals surface area contributed by atoms with Gasteiger partial charge in [0.15, 0.2) is 0 Å². The zero-order chi connectivity index (χ0) is 26.5. The zero-order valence-corrected chi connectivity index (χ0v) is 20.9. The third-order valence-electron chi connectivity index (χ3n) is 5.67. The van der Waals surface area contributed by atoms with Crippen LogP contribution in [0.25, 0.3) is 17.0 Å². The minimum Gasteiger partial charge on any atom is -0.268 e. The van der Waals surface area contributed by atoms with Crippen LogP contribution in [0.15, 0.2) is 47.5 Å². The number of halogens is 4. The van der Waals surface area contributed by atoms with Crippen LogP contribution in [-0.4, -0.2) is 53.4 Å². The van der Waals surface area contributed by atoms with Crippen LogP contribution in [0.5, 0.6) is 0 Å². The van der Waals surface area contributed by atoms with E-state index in [1.807, 2.05) is 0 Å². The second-order valence-electron chi connectivity index (χ2n) is 8.27. The standard InChI is InChI=1S/C22H16ClF3N4O5S2/c23-15-3-2-13(17(7-15)22(24,25)26)9-30-18-4-1-12(5-14(18)8-27-30)6-19-20(31)29(21(32)36-19)10-16-11-35-37(33,34)28-16/h1-8,16,28H,9-11H2. The molecule has 5 rings (SSSR count). The molecule has 2 amide bonds. The second kappa shape index (κ2) is 9.44. The molecule has 3 heterocycles. The molecule has 0 aliphatic carbocycles. The second-order valence-corrected chi connectivity index (χ2v) is 11.1. The molecule has 1 atom stereocenters. The van der Waals surface area contributed by atoms with Crippen LogP contribution in [0.2, 0.25) is 5.02 Å². The van der Waals surface area contributed by atoms with E-state index in [0.717, 1.165) is 22.7 Å². The normalized spacial score (nSPS) is 21.0. The number of thioether (sulfide) groups is 1. The molecule has 2 saturated heterocycles. The Morgan fingerprint density at radius 1 is 1.22 bits per heavy atom. The number of fused-ring (bicyclic) bond motifs is 1. The third-order valence-corrected chi connectivity index (χ3v) is 7.88. The molecule has 1 N–H and O–H groups in total. The van der Waals surface area contributed by atoms with Crippen LogP contribution < -0.4 is 4.72 Å². The average molecular weight is 573 g/mol. The van der Waals surface area contributed by atoms with Gasteiger partial charge < -0.3 is 0 Å². The average Bonchev–Trinajstić information content (AvgIpc) is 3.45. The predicted molar refractivity (Wildman–Crippen MR) is 130 cm³/mol. The molecule has 2 aromatic carbocycles. The van der Waals surface area contributed by atoms with Crippen molar-refractivity contribution < 1.29 is 35.4 Å². The molecule has 0 radical (unpaired) electrons. The molecule has 9 nitrogen and oxygen atoms in total. The Balaban J connectivity index is 1.36. The molecule has 3 aromatic rings. The van der Waals surface area contributed by atoms with Crippen LogP contribution in [-0.2, 0) is 32.0 Å². The molecule has 2 fully saturated rings. The minimum atomic E-state index is -4.57. The van der Waals surface area contributed by atoms with Gasteiger partial charge in [0.05, 0.1) is 41.4 Å². The lowest BCUT2D eigenvalue weighted by Crippen LogP contribution is -2.41. The summed E-state index contributed by atoms with van der Waals surface area (Å²) in [5.74, 6) is -0.570. The summed E-state index contributed by atoms with van der Waals surface area (Å²) in [7, 11) is -3.87. The topological polar surface area (TPSA) is 111 Å². The van der Waals surface area contributed by atoms with E-state index < -0.39 is 39.2 Å². The highest BCUT2D eigenvalue weighted by molar-refractivity contribution is 8.18. The van der Waals surface area contributed by atoms with Crippen LogP contribution in [0.1, 0.15) is 16.7 Å². The molecular weight excluding hydrogens is 557 g/mol. The van der Waals surface area contributed by atoms with Crippen LogP contribution in [0.3, 0.4) is 0 Å². The summed E-state index contributed by atoms with van der Waals surface area (Å²) in [4.78, 5) is 26.2. The van der Waals surface area contributed by atoms with E-state index in [4.69, 9.17) is 11.6 Å². The molecule has 0 bridgehead atoms. The van der Waals surface area contributed by atoms with Gasteiger partial charge in [-0.1, -0.05) is 23.7 Å². The van der Waals surface area contributed by atoms with Gasteiger partial charge in [0.25, 0.3) is 11.1 Å². The van der Waals surface area contributed by atoms with Crippen molar-refractivity contribution in [3.8, 4) is 0 Å². The van der Waals surface area contributed by atoms with Crippen LogP contribution in [0, 0.1) is 0 Å². The van der Waals surface area contributed by atoms with Gasteiger partial charge in [0.1, 0.15) is 0 Å². The van der Waals surface area contributed by atoms with Gasteiger partial charge in [-0.15, -0.1) is 0 Å². The number of amides is 2. The van der Waals surface area contributed by atoms with Gasteiger partial charge in [0.2, 0.25) is 0 Å². The number of benzene rings is 2. The summed E-state index contributed by atoms with van der Waals surface area (Å²) >= 11 is 6.48. The van der Waals surface area contributed by atoms with Crippen molar-refractivity contribution in [1.82, 2.24) is 19.4 Å². The minimum absolute atomic E-state index is 0.00889. The van der Waals surface area contributed by atoms with Gasteiger partial charge in [-0.2, -0.15) is 31.4 Å². The quantitative estimate of drug-likeness (QED) is 0.460. The van der Waals surface area contributed by atoms with Crippen LogP contribution >= 0.6 is 23.4 Å². The Kier molecular flexibility index (Phi) is 6.56. The molecule has 0 spiro atoms. The maximum atomic E-state index is 13.5. The number of imide groups is 1. The van der Waals surface area contributed by atoms with Gasteiger partial charge in [-0.05, 0) is 53.2 Å². The van der Waals surface area contributed by atoms with E-state index in [9.17, 15) is 31.2 Å². The monoisotopic (exact) mass is 572 g/mol. The molecule has 1 aromatic heterocycles. The fraction of sp³-hybridized carbons (Fsp3) is 0.227. The molecular formula is C22H16ClF3N4O5S2. The molecule has 194 valence electrons. The maximum Gasteiger partial charge on any atom is 0.416 e. The van der Waals surface area contributed by atoms with E-state index in [-0.39, 0.29) is 35.2 Å². The van der Waals surface area contributed by atoms with Crippen molar-refractivity contribution in [2.24, 2.45) is 0 Å². The lowest BCUT2D eigenvalue weighted by molar-refractivity contribution is -0.138. The van der Waals surface area contributed by atoms with Crippen molar-refractivity contribution in [1.29, 1.82) is 0 Å². The highest BCUT2D eigenvalue weighted by Gasteiger charge is 2.39. The Morgan fingerprint density at radius 3 is 2.70 bits per heavy atom. The summed E-state index contributed by atoms with van der Waals surface area (Å²) in [6.07, 6.45) is -1.57. The number of carbonyl (C=O) groups excluding carboxylic acids is 2. The summed E-state index contributed by atoms with van der Waals surface area (Å²) < 4.78 is 71.4. The lowest BCUT2D eigenvalue weighted by atomic mass is 10.1. The van der Waals surface area contributed by atoms with Crippen molar-refractivity contribution in [2.75, 3.05) is 13.2 Å². The van der Waals surface area contributed by atoms with Crippen LogP contribution in [0.4, 0.5) is 18.0 Å². The lowest BCUT2D eigenvalue weighted by Gasteiger charge is -2.15. The smallest absolute Gasteiger partial charge is 0.268 e. The molecule has 15 heteroatoms. The first-order valence-corrected chi connectivity index (χ1v) is 13.2. The number of hydrogen-bond donors (Lipinski definition) is 1. The largest absolute Gasteiger partial charge is 0.416 e. The number of aromatic nitrogens is 2. The summed E-state index contributed by atoms with van der Waals surface area (Å²) in [6.45, 7) is -0.496. The van der Waals surface area contributed by atoms with Gasteiger partial charge in [-0.25, -0.2) is 0 Å². The van der Waals surface area contributed by atoms with E-state index in [2.05, 4.69) is 14.0 Å². The van der Waals surface area contributed by atoms with Crippen molar-refractivity contribution in [3.05, 3.63) is 69.2 Å². The number of alkyl halides is 3. The van der Waals surface area contributed by atoms with Gasteiger partial charge >= 0.3 is 16.5 Å². The summed E-state index contributed by atoms with van der Waals surface area (Å²) in [5.41, 5.74) is 0.314. The van der Waals surface area contributed by atoms with E-state index in [1.165, 1.54) is 29.1 Å². The molecule has 2 aliphatic heterocycles. The zero-order valence-electron chi connectivity index (χ0n) is 18.5. The van der Waals surface area contributed by atoms with Gasteiger partial charge in [-0.3, -0.25) is 23.4 Å². The van der Waals surface area contributed by atoms with Crippen molar-refractivity contribution in [2.45, 2.75) is 18.8 Å². The fourth-order valence-corrected chi connectivity index (χ4v) is 5.98. The third kappa shape index (κ3) is 5.38. The van der Waals surface area contributed by atoms with Crippen molar-refractivity contribution in [3.63, 3.8) is 0 Å². The predicted octanol–water partition coefficient (Wildman–Crippen LogP) is 4.03. The molecule has 0 saturated carbocycles. The molecule has 37 heavy (non-hydrogen) atoms. The Hall–Kier alpha value is -2.91. The van der Waals surface area contributed by atoms with Gasteiger partial charge in [0, 0.05) is 17.0 Å². The van der Waals surface area contributed by atoms with E-state index >= 15 is 0 Å². The first-order chi connectivity index (χ1) is 17.4. The highest BCUT2D eigenvalue weighted by Crippen LogP contribution is 2.35. The SMILES string of the molecule is O=C1SC(=Cc2ccc3c(cnn3Cc3ccc(Cl)cc3C(F)(F)F)c2)C(=O)N1CC1COS(=O)(=O)N1. The number of rotatable bonds is 5. The fourth-order valence-electron chi connectivity index (χ4n) is 4.00. The first-order valence-electron chi connectivity index (χ1n) is 10.6. The summed E-state index contributed by atoms with van der Waals surface area (Å²) in [5, 5.41) is 4.27. The Morgan fingerprint density at radius 2 is 2.00 bits per heavy atom. The Labute approximate surface area is 217 Å². The number of nitrogens with zero attached hydrogens (tertiary/aromatic N) is 3. The maximum absolute atomic E-state index is 13.5. The Bertz CT molecular complexity index is 1570. The van der Waals surface area contributed by atoms with E-state index in [1.54, 1.807) is 18.2 Å². The number of hydrogen-bond acceptors (Lipinski definition) is 7. The van der Waals surface area contributed by atoms with E-state index in [0.29, 0.717) is 16.5 Å².